The number of carbonyl (C=O) groups excluding carboxylic acids is 2. The first-order valence-electron chi connectivity index (χ1n) is 8.51. The second-order valence-electron chi connectivity index (χ2n) is 6.54. The summed E-state index contributed by atoms with van der Waals surface area (Å²) in [4.78, 5) is 26.4. The van der Waals surface area contributed by atoms with Gasteiger partial charge in [-0.2, -0.15) is 5.26 Å². The molecule has 4 rings (SSSR count). The molecule has 1 N–H and O–H groups in total. The Morgan fingerprint density at radius 1 is 0.962 bits per heavy atom. The van der Waals surface area contributed by atoms with E-state index >= 15 is 0 Å². The van der Waals surface area contributed by atoms with Gasteiger partial charge in [0, 0.05) is 24.2 Å². The molecule has 1 heterocycles. The molecule has 1 aromatic rings. The first kappa shape index (κ1) is 16.5. The van der Waals surface area contributed by atoms with Crippen molar-refractivity contribution in [3.05, 3.63) is 52.1 Å². The minimum Gasteiger partial charge on any atom is -0.359 e. The van der Waals surface area contributed by atoms with E-state index in [0.717, 1.165) is 12.1 Å². The normalized spacial score (nSPS) is 19.8. The van der Waals surface area contributed by atoms with E-state index in [9.17, 15) is 23.6 Å². The molecule has 0 aromatic heterocycles. The van der Waals surface area contributed by atoms with Crippen LogP contribution in [0.15, 0.2) is 34.9 Å². The highest BCUT2D eigenvalue weighted by atomic mass is 19.2. The summed E-state index contributed by atoms with van der Waals surface area (Å²) in [7, 11) is 0. The standard InChI is InChI=1S/C19H15F2N3O2/c20-11-8-7-10(9-22)17(16(11)21)24-18-12(3-1-5-14(18)25)23-13-4-2-6-15(26)19(13)24/h7-8,23H,1-6H2. The van der Waals surface area contributed by atoms with Crippen molar-refractivity contribution in [1.29, 1.82) is 5.26 Å². The Bertz CT molecular complexity index is 914. The van der Waals surface area contributed by atoms with Gasteiger partial charge in [-0.15, -0.1) is 0 Å². The van der Waals surface area contributed by atoms with E-state index in [1.807, 2.05) is 6.07 Å². The Morgan fingerprint density at radius 2 is 1.54 bits per heavy atom. The molecule has 0 amide bonds. The quantitative estimate of drug-likeness (QED) is 0.838. The van der Waals surface area contributed by atoms with Gasteiger partial charge in [-0.1, -0.05) is 0 Å². The molecule has 0 fully saturated rings. The molecular weight excluding hydrogens is 340 g/mol. The van der Waals surface area contributed by atoms with Crippen molar-refractivity contribution in [1.82, 2.24) is 5.32 Å². The van der Waals surface area contributed by atoms with Crippen molar-refractivity contribution in [3.63, 3.8) is 0 Å². The fourth-order valence-electron chi connectivity index (χ4n) is 3.79. The number of nitrogens with zero attached hydrogens (tertiary/aromatic N) is 2. The van der Waals surface area contributed by atoms with Crippen molar-refractivity contribution >= 4 is 17.3 Å². The number of halogens is 2. The van der Waals surface area contributed by atoms with Gasteiger partial charge in [0.2, 0.25) is 0 Å². The monoisotopic (exact) mass is 355 g/mol. The minimum absolute atomic E-state index is 0.124. The number of nitrogens with one attached hydrogen (secondary N) is 1. The first-order valence-corrected chi connectivity index (χ1v) is 8.51. The molecule has 0 spiro atoms. The van der Waals surface area contributed by atoms with Crippen molar-refractivity contribution < 1.29 is 18.4 Å². The SMILES string of the molecule is N#Cc1ccc(F)c(F)c1N1C2=C(CCCC2=O)NC2=C1C(=O)CCC2. The molecule has 0 saturated heterocycles. The summed E-state index contributed by atoms with van der Waals surface area (Å²) in [6.45, 7) is 0. The molecule has 0 bridgehead atoms. The van der Waals surface area contributed by atoms with Crippen LogP contribution < -0.4 is 10.2 Å². The lowest BCUT2D eigenvalue weighted by Gasteiger charge is -2.40. The van der Waals surface area contributed by atoms with Crippen LogP contribution in [0.1, 0.15) is 44.1 Å². The lowest BCUT2D eigenvalue weighted by atomic mass is 9.90. The Kier molecular flexibility index (Phi) is 3.83. The second kappa shape index (κ2) is 6.06. The van der Waals surface area contributed by atoms with E-state index in [-0.39, 0.29) is 47.1 Å². The highest BCUT2D eigenvalue weighted by molar-refractivity contribution is 6.09. The molecule has 0 radical (unpaired) electrons. The van der Waals surface area contributed by atoms with Crippen LogP contribution in [0, 0.1) is 23.0 Å². The maximum Gasteiger partial charge on any atom is 0.184 e. The predicted octanol–water partition coefficient (Wildman–Crippen LogP) is 3.18. The molecule has 0 atom stereocenters. The summed E-state index contributed by atoms with van der Waals surface area (Å²) in [6.07, 6.45) is 2.94. The fraction of sp³-hybridized carbons (Fsp3) is 0.316. The van der Waals surface area contributed by atoms with E-state index in [0.29, 0.717) is 37.1 Å². The van der Waals surface area contributed by atoms with E-state index in [1.54, 1.807) is 0 Å². The molecular formula is C19H15F2N3O2. The average Bonchev–Trinajstić information content (AvgIpc) is 2.63. The third-order valence-electron chi connectivity index (χ3n) is 4.92. The summed E-state index contributed by atoms with van der Waals surface area (Å²) in [6, 6.07) is 3.88. The zero-order valence-corrected chi connectivity index (χ0v) is 13.9. The van der Waals surface area contributed by atoms with Gasteiger partial charge in [0.05, 0.1) is 5.56 Å². The summed E-state index contributed by atoms with van der Waals surface area (Å²) in [5.41, 5.74) is 1.00. The van der Waals surface area contributed by atoms with Crippen LogP contribution in [-0.2, 0) is 9.59 Å². The molecule has 3 aliphatic rings. The number of hydrogen-bond acceptors (Lipinski definition) is 5. The van der Waals surface area contributed by atoms with Gasteiger partial charge >= 0.3 is 0 Å². The maximum absolute atomic E-state index is 14.7. The number of benzene rings is 1. The zero-order valence-electron chi connectivity index (χ0n) is 13.9. The third kappa shape index (κ3) is 2.33. The van der Waals surface area contributed by atoms with Crippen LogP contribution in [0.5, 0.6) is 0 Å². The Labute approximate surface area is 148 Å². The summed E-state index contributed by atoms with van der Waals surface area (Å²) >= 11 is 0. The van der Waals surface area contributed by atoms with E-state index in [1.165, 1.54) is 4.90 Å². The Morgan fingerprint density at radius 3 is 2.08 bits per heavy atom. The fourth-order valence-corrected chi connectivity index (χ4v) is 3.79. The molecule has 5 nitrogen and oxygen atoms in total. The number of carbonyl (C=O) groups is 2. The first-order chi connectivity index (χ1) is 12.5. The van der Waals surface area contributed by atoms with Crippen molar-refractivity contribution in [3.8, 4) is 6.07 Å². The number of anilines is 1. The highest BCUT2D eigenvalue weighted by Crippen LogP contribution is 2.41. The number of Topliss-reactive ketones (excluding diaryl/α,β-unsaturated/α-hetero) is 2. The Hall–Kier alpha value is -3.01. The number of allylic oxidation sites excluding steroid dienone is 4. The molecule has 1 aliphatic heterocycles. The van der Waals surface area contributed by atoms with Crippen LogP contribution in [0.25, 0.3) is 0 Å². The number of nitriles is 1. The topological polar surface area (TPSA) is 73.2 Å². The molecule has 7 heteroatoms. The third-order valence-corrected chi connectivity index (χ3v) is 4.92. The minimum atomic E-state index is -1.23. The van der Waals surface area contributed by atoms with Gasteiger partial charge in [0.1, 0.15) is 23.2 Å². The van der Waals surface area contributed by atoms with Gasteiger partial charge in [0.15, 0.2) is 23.2 Å². The van der Waals surface area contributed by atoms with Gasteiger partial charge < -0.3 is 5.32 Å². The highest BCUT2D eigenvalue weighted by Gasteiger charge is 2.40. The molecule has 2 aliphatic carbocycles. The predicted molar refractivity (Wildman–Crippen MR) is 88.5 cm³/mol. The maximum atomic E-state index is 14.7. The van der Waals surface area contributed by atoms with Gasteiger partial charge in [-0.3, -0.25) is 14.5 Å². The van der Waals surface area contributed by atoms with Crippen LogP contribution in [0.4, 0.5) is 14.5 Å². The van der Waals surface area contributed by atoms with Crippen LogP contribution in [-0.4, -0.2) is 11.6 Å². The number of hydrogen-bond donors (Lipinski definition) is 1. The van der Waals surface area contributed by atoms with Crippen LogP contribution in [0.3, 0.4) is 0 Å². The largest absolute Gasteiger partial charge is 0.359 e. The summed E-state index contributed by atoms with van der Waals surface area (Å²) < 4.78 is 28.7. The smallest absolute Gasteiger partial charge is 0.184 e. The number of ketones is 2. The van der Waals surface area contributed by atoms with Gasteiger partial charge in [0.25, 0.3) is 0 Å². The molecule has 0 saturated carbocycles. The second-order valence-corrected chi connectivity index (χ2v) is 6.54. The van der Waals surface area contributed by atoms with Gasteiger partial charge in [-0.25, -0.2) is 8.78 Å². The average molecular weight is 355 g/mol. The summed E-state index contributed by atoms with van der Waals surface area (Å²) in [5.74, 6) is -2.87. The lowest BCUT2D eigenvalue weighted by molar-refractivity contribution is -0.116. The van der Waals surface area contributed by atoms with Crippen molar-refractivity contribution in [2.75, 3.05) is 4.90 Å². The van der Waals surface area contributed by atoms with E-state index in [2.05, 4.69) is 5.32 Å². The van der Waals surface area contributed by atoms with Gasteiger partial charge in [-0.05, 0) is 37.8 Å². The van der Waals surface area contributed by atoms with Crippen molar-refractivity contribution in [2.45, 2.75) is 38.5 Å². The van der Waals surface area contributed by atoms with Crippen LogP contribution >= 0.6 is 0 Å². The number of rotatable bonds is 1. The van der Waals surface area contributed by atoms with Crippen molar-refractivity contribution in [2.24, 2.45) is 0 Å². The zero-order chi connectivity index (χ0) is 18.4. The molecule has 1 aromatic carbocycles. The molecule has 0 unspecified atom stereocenters. The summed E-state index contributed by atoms with van der Waals surface area (Å²) in [5, 5.41) is 12.6. The Balaban J connectivity index is 2.03. The lowest BCUT2D eigenvalue weighted by Crippen LogP contribution is -2.44. The molecule has 26 heavy (non-hydrogen) atoms. The van der Waals surface area contributed by atoms with E-state index < -0.39 is 11.6 Å². The van der Waals surface area contributed by atoms with E-state index in [4.69, 9.17) is 0 Å². The van der Waals surface area contributed by atoms with Crippen LogP contribution in [0.2, 0.25) is 0 Å². The molecule has 132 valence electrons.